The summed E-state index contributed by atoms with van der Waals surface area (Å²) >= 11 is 0. The summed E-state index contributed by atoms with van der Waals surface area (Å²) in [4.78, 5) is 26.3. The highest BCUT2D eigenvalue weighted by molar-refractivity contribution is 6.05. The lowest BCUT2D eigenvalue weighted by atomic mass is 10.1. The Morgan fingerprint density at radius 3 is 2.42 bits per heavy atom. The molecule has 0 atom stereocenters. The van der Waals surface area contributed by atoms with E-state index in [4.69, 9.17) is 10.5 Å². The predicted octanol–water partition coefficient (Wildman–Crippen LogP) is 2.74. The number of anilines is 3. The highest BCUT2D eigenvalue weighted by Crippen LogP contribution is 2.25. The minimum atomic E-state index is -0.302. The number of hydrogen-bond donors (Lipinski definition) is 2. The first-order chi connectivity index (χ1) is 15.0. The molecule has 0 unspecified atom stereocenters. The molecule has 1 fully saturated rings. The van der Waals surface area contributed by atoms with Crippen molar-refractivity contribution in [3.63, 3.8) is 0 Å². The molecule has 1 aliphatic heterocycles. The van der Waals surface area contributed by atoms with Crippen molar-refractivity contribution in [3.8, 4) is 17.0 Å². The van der Waals surface area contributed by atoms with E-state index in [1.54, 1.807) is 25.4 Å². The van der Waals surface area contributed by atoms with Gasteiger partial charge in [-0.15, -0.1) is 0 Å². The van der Waals surface area contributed by atoms with Gasteiger partial charge >= 0.3 is 0 Å². The highest BCUT2D eigenvalue weighted by Gasteiger charge is 2.16. The molecular weight excluding hydrogens is 392 g/mol. The van der Waals surface area contributed by atoms with Gasteiger partial charge in [-0.2, -0.15) is 0 Å². The average Bonchev–Trinajstić information content (AvgIpc) is 2.81. The molecule has 4 rings (SSSR count). The van der Waals surface area contributed by atoms with E-state index in [1.807, 2.05) is 36.4 Å². The second-order valence-corrected chi connectivity index (χ2v) is 7.51. The minimum Gasteiger partial charge on any atom is -0.497 e. The van der Waals surface area contributed by atoms with Crippen LogP contribution in [-0.2, 0) is 0 Å². The van der Waals surface area contributed by atoms with Gasteiger partial charge in [0.1, 0.15) is 11.6 Å². The molecule has 3 aromatic rings. The number of likely N-dealkylation sites (N-methyl/N-ethyl adjacent to an activating group) is 1. The Bertz CT molecular complexity index is 1040. The first-order valence-electron chi connectivity index (χ1n) is 10.2. The number of amides is 1. The first-order valence-corrected chi connectivity index (χ1v) is 10.2. The molecule has 2 aromatic heterocycles. The van der Waals surface area contributed by atoms with Gasteiger partial charge < -0.3 is 25.6 Å². The van der Waals surface area contributed by atoms with Crippen molar-refractivity contribution in [2.24, 2.45) is 0 Å². The van der Waals surface area contributed by atoms with Crippen LogP contribution >= 0.6 is 0 Å². The molecule has 0 radical (unpaired) electrons. The van der Waals surface area contributed by atoms with Crippen LogP contribution in [0.2, 0.25) is 0 Å². The number of nitrogens with zero attached hydrogens (tertiary/aromatic N) is 4. The zero-order chi connectivity index (χ0) is 21.8. The number of benzene rings is 1. The van der Waals surface area contributed by atoms with E-state index in [1.165, 1.54) is 0 Å². The summed E-state index contributed by atoms with van der Waals surface area (Å²) in [5, 5.41) is 2.80. The van der Waals surface area contributed by atoms with Crippen LogP contribution in [0.3, 0.4) is 0 Å². The van der Waals surface area contributed by atoms with Gasteiger partial charge in [0.05, 0.1) is 24.1 Å². The molecule has 1 aromatic carbocycles. The predicted molar refractivity (Wildman–Crippen MR) is 123 cm³/mol. The van der Waals surface area contributed by atoms with Crippen molar-refractivity contribution < 1.29 is 9.53 Å². The number of methoxy groups -OCH3 is 1. The van der Waals surface area contributed by atoms with E-state index < -0.39 is 0 Å². The number of carbonyl (C=O) groups is 1. The van der Waals surface area contributed by atoms with E-state index in [-0.39, 0.29) is 5.91 Å². The quantitative estimate of drug-likeness (QED) is 0.658. The van der Waals surface area contributed by atoms with Crippen molar-refractivity contribution in [2.45, 2.75) is 0 Å². The van der Waals surface area contributed by atoms with Crippen LogP contribution in [0.4, 0.5) is 17.3 Å². The average molecular weight is 419 g/mol. The summed E-state index contributed by atoms with van der Waals surface area (Å²) in [6, 6.07) is 14.7. The SMILES string of the molecule is COc1ccc(-c2ccc(N)c(NC(=O)c3ccc(N4CCN(C)CC4)nc3)n2)cc1. The fourth-order valence-corrected chi connectivity index (χ4v) is 3.42. The number of hydrogen-bond acceptors (Lipinski definition) is 7. The summed E-state index contributed by atoms with van der Waals surface area (Å²) in [5.74, 6) is 1.66. The lowest BCUT2D eigenvalue weighted by Crippen LogP contribution is -2.44. The van der Waals surface area contributed by atoms with Gasteiger partial charge in [-0.05, 0) is 55.6 Å². The van der Waals surface area contributed by atoms with Crippen LogP contribution in [0, 0.1) is 0 Å². The van der Waals surface area contributed by atoms with E-state index in [0.717, 1.165) is 43.3 Å². The van der Waals surface area contributed by atoms with Gasteiger partial charge in [-0.1, -0.05) is 0 Å². The Hall–Kier alpha value is -3.65. The third kappa shape index (κ3) is 4.75. The van der Waals surface area contributed by atoms with Crippen molar-refractivity contribution in [3.05, 3.63) is 60.3 Å². The number of rotatable bonds is 5. The summed E-state index contributed by atoms with van der Waals surface area (Å²) in [6.07, 6.45) is 1.59. The zero-order valence-corrected chi connectivity index (χ0v) is 17.7. The number of piperazine rings is 1. The van der Waals surface area contributed by atoms with E-state index in [0.29, 0.717) is 22.8 Å². The lowest BCUT2D eigenvalue weighted by Gasteiger charge is -2.33. The van der Waals surface area contributed by atoms with Gasteiger partial charge in [0, 0.05) is 37.9 Å². The van der Waals surface area contributed by atoms with Gasteiger partial charge in [0.25, 0.3) is 5.91 Å². The maximum Gasteiger partial charge on any atom is 0.258 e. The third-order valence-corrected chi connectivity index (χ3v) is 5.38. The number of nitrogen functional groups attached to an aromatic ring is 1. The summed E-state index contributed by atoms with van der Waals surface area (Å²) in [5.41, 5.74) is 8.50. The van der Waals surface area contributed by atoms with Crippen LogP contribution in [0.1, 0.15) is 10.4 Å². The molecule has 1 aliphatic rings. The summed E-state index contributed by atoms with van der Waals surface area (Å²) < 4.78 is 5.19. The molecule has 0 spiro atoms. The largest absolute Gasteiger partial charge is 0.497 e. The molecule has 8 nitrogen and oxygen atoms in total. The molecule has 0 aliphatic carbocycles. The van der Waals surface area contributed by atoms with Crippen LogP contribution in [0.15, 0.2) is 54.7 Å². The molecule has 3 heterocycles. The Kier molecular flexibility index (Phi) is 5.99. The second kappa shape index (κ2) is 9.01. The molecule has 31 heavy (non-hydrogen) atoms. The van der Waals surface area contributed by atoms with Crippen molar-refractivity contribution in [1.29, 1.82) is 0 Å². The number of nitrogens with one attached hydrogen (secondary N) is 1. The zero-order valence-electron chi connectivity index (χ0n) is 17.7. The fraction of sp³-hybridized carbons (Fsp3) is 0.261. The Morgan fingerprint density at radius 1 is 1.03 bits per heavy atom. The van der Waals surface area contributed by atoms with Crippen LogP contribution in [-0.4, -0.2) is 61.1 Å². The smallest absolute Gasteiger partial charge is 0.258 e. The molecule has 8 heteroatoms. The lowest BCUT2D eigenvalue weighted by molar-refractivity contribution is 0.102. The minimum absolute atomic E-state index is 0.302. The monoisotopic (exact) mass is 418 g/mol. The molecule has 160 valence electrons. The normalized spacial score (nSPS) is 14.3. The van der Waals surface area contributed by atoms with Gasteiger partial charge in [-0.3, -0.25) is 4.79 Å². The summed E-state index contributed by atoms with van der Waals surface area (Å²) in [7, 11) is 3.73. The number of aromatic nitrogens is 2. The molecular formula is C23H26N6O2. The van der Waals surface area contributed by atoms with Crippen LogP contribution in [0.5, 0.6) is 5.75 Å². The summed E-state index contributed by atoms with van der Waals surface area (Å²) in [6.45, 7) is 3.85. The fourth-order valence-electron chi connectivity index (χ4n) is 3.42. The van der Waals surface area contributed by atoms with Gasteiger partial charge in [0.2, 0.25) is 0 Å². The third-order valence-electron chi connectivity index (χ3n) is 5.38. The van der Waals surface area contributed by atoms with E-state index in [9.17, 15) is 4.79 Å². The molecule has 3 N–H and O–H groups in total. The number of carbonyl (C=O) groups excluding carboxylic acids is 1. The van der Waals surface area contributed by atoms with E-state index in [2.05, 4.69) is 32.1 Å². The number of ether oxygens (including phenoxy) is 1. The highest BCUT2D eigenvalue weighted by atomic mass is 16.5. The van der Waals surface area contributed by atoms with Crippen LogP contribution in [0.25, 0.3) is 11.3 Å². The Labute approximate surface area is 181 Å². The molecule has 1 amide bonds. The van der Waals surface area contributed by atoms with Gasteiger partial charge in [-0.25, -0.2) is 9.97 Å². The topological polar surface area (TPSA) is 96.6 Å². The molecule has 0 saturated carbocycles. The van der Waals surface area contributed by atoms with E-state index >= 15 is 0 Å². The number of pyridine rings is 2. The molecule has 1 saturated heterocycles. The van der Waals surface area contributed by atoms with Crippen molar-refractivity contribution in [2.75, 3.05) is 56.3 Å². The second-order valence-electron chi connectivity index (χ2n) is 7.51. The maximum atomic E-state index is 12.7. The van der Waals surface area contributed by atoms with Crippen molar-refractivity contribution >= 4 is 23.2 Å². The Balaban J connectivity index is 1.47. The standard InChI is InChI=1S/C23H26N6O2/c1-28-11-13-29(14-12-28)21-10-5-17(15-25-21)23(30)27-22-19(24)8-9-20(26-22)16-3-6-18(31-2)7-4-16/h3-10,15H,11-14,24H2,1-2H3,(H,26,27,30). The first kappa shape index (κ1) is 20.6. The van der Waals surface area contributed by atoms with Gasteiger partial charge in [0.15, 0.2) is 5.82 Å². The Morgan fingerprint density at radius 2 is 1.77 bits per heavy atom. The maximum absolute atomic E-state index is 12.7. The molecule has 0 bridgehead atoms. The number of nitrogens with two attached hydrogens (primary N) is 1. The van der Waals surface area contributed by atoms with Crippen LogP contribution < -0.4 is 20.7 Å². The van der Waals surface area contributed by atoms with Crippen molar-refractivity contribution in [1.82, 2.24) is 14.9 Å².